The van der Waals surface area contributed by atoms with Gasteiger partial charge in [-0.25, -0.2) is 0 Å². The van der Waals surface area contributed by atoms with E-state index in [0.717, 1.165) is 10.4 Å². The average molecular weight is 357 g/mol. The molecule has 2 heterocycles. The van der Waals surface area contributed by atoms with Crippen LogP contribution in [0.1, 0.15) is 21.0 Å². The summed E-state index contributed by atoms with van der Waals surface area (Å²) in [4.78, 5) is 24.4. The maximum absolute atomic E-state index is 11.6. The number of amides is 2. The third kappa shape index (κ3) is 3.94. The summed E-state index contributed by atoms with van der Waals surface area (Å²) < 4.78 is 5.56. The lowest BCUT2D eigenvalue weighted by molar-refractivity contribution is -0.120. The van der Waals surface area contributed by atoms with Crippen molar-refractivity contribution < 1.29 is 14.0 Å². The Kier molecular flexibility index (Phi) is 4.97. The Labute approximate surface area is 128 Å². The van der Waals surface area contributed by atoms with Gasteiger partial charge < -0.3 is 15.1 Å². The minimum atomic E-state index is -0.418. The van der Waals surface area contributed by atoms with Crippen molar-refractivity contribution >= 4 is 39.1 Å². The van der Waals surface area contributed by atoms with Crippen molar-refractivity contribution in [3.63, 3.8) is 0 Å². The minimum Gasteiger partial charge on any atom is -0.444 e. The van der Waals surface area contributed by atoms with E-state index < -0.39 is 5.91 Å². The largest absolute Gasteiger partial charge is 0.444 e. The molecule has 5 nitrogen and oxygen atoms in total. The van der Waals surface area contributed by atoms with Crippen molar-refractivity contribution in [1.82, 2.24) is 10.6 Å². The second-order valence-electron chi connectivity index (χ2n) is 4.09. The molecule has 0 aliphatic carbocycles. The maximum Gasteiger partial charge on any atom is 0.287 e. The van der Waals surface area contributed by atoms with Gasteiger partial charge in [0.1, 0.15) is 0 Å². The van der Waals surface area contributed by atoms with E-state index >= 15 is 0 Å². The second kappa shape index (κ2) is 6.71. The highest BCUT2D eigenvalue weighted by atomic mass is 79.9. The normalized spacial score (nSPS) is 10.3. The molecule has 7 heteroatoms. The molecule has 0 aromatic carbocycles. The fourth-order valence-corrected chi connectivity index (χ4v) is 2.66. The van der Waals surface area contributed by atoms with Crippen LogP contribution in [0.5, 0.6) is 0 Å². The van der Waals surface area contributed by atoms with Crippen LogP contribution in [-0.2, 0) is 11.3 Å². The predicted molar refractivity (Wildman–Crippen MR) is 79.6 cm³/mol. The van der Waals surface area contributed by atoms with Gasteiger partial charge in [-0.15, -0.1) is 11.3 Å². The zero-order chi connectivity index (χ0) is 14.5. The number of thiophene rings is 1. The Hall–Kier alpha value is -1.60. The lowest BCUT2D eigenvalue weighted by Crippen LogP contribution is -2.36. The van der Waals surface area contributed by atoms with Crippen LogP contribution < -0.4 is 10.6 Å². The summed E-state index contributed by atoms with van der Waals surface area (Å²) in [7, 11) is 0. The highest BCUT2D eigenvalue weighted by molar-refractivity contribution is 9.10. The summed E-state index contributed by atoms with van der Waals surface area (Å²) in [5, 5.41) is 7.23. The number of nitrogens with one attached hydrogen (secondary N) is 2. The highest BCUT2D eigenvalue weighted by Gasteiger charge is 2.11. The van der Waals surface area contributed by atoms with Gasteiger partial charge in [0, 0.05) is 4.88 Å². The van der Waals surface area contributed by atoms with E-state index in [9.17, 15) is 9.59 Å². The number of hydrogen-bond donors (Lipinski definition) is 2. The number of rotatable bonds is 5. The van der Waals surface area contributed by atoms with Crippen LogP contribution in [0.2, 0.25) is 0 Å². The zero-order valence-corrected chi connectivity index (χ0v) is 13.1. The first-order valence-electron chi connectivity index (χ1n) is 5.89. The monoisotopic (exact) mass is 356 g/mol. The molecule has 0 saturated carbocycles. The van der Waals surface area contributed by atoms with Crippen LogP contribution in [0.4, 0.5) is 0 Å². The SMILES string of the molecule is Cc1ccsc1CNC(=O)CNC(=O)c1ccc(Br)o1. The first-order chi connectivity index (χ1) is 9.56. The first-order valence-corrected chi connectivity index (χ1v) is 7.56. The van der Waals surface area contributed by atoms with Crippen LogP contribution in [0.25, 0.3) is 0 Å². The van der Waals surface area contributed by atoms with Gasteiger partial charge in [-0.05, 0) is 52.0 Å². The van der Waals surface area contributed by atoms with Gasteiger partial charge in [-0.1, -0.05) is 0 Å². The summed E-state index contributed by atoms with van der Waals surface area (Å²) in [6.07, 6.45) is 0. The summed E-state index contributed by atoms with van der Waals surface area (Å²) in [5.74, 6) is -0.492. The Morgan fingerprint density at radius 2 is 2.10 bits per heavy atom. The average Bonchev–Trinajstić information content (AvgIpc) is 3.02. The van der Waals surface area contributed by atoms with E-state index in [1.807, 2.05) is 18.4 Å². The zero-order valence-electron chi connectivity index (χ0n) is 10.7. The van der Waals surface area contributed by atoms with Crippen molar-refractivity contribution in [3.8, 4) is 0 Å². The Bertz CT molecular complexity index is 621. The molecule has 2 aromatic rings. The smallest absolute Gasteiger partial charge is 0.287 e. The molecule has 0 spiro atoms. The number of carbonyl (C=O) groups excluding carboxylic acids is 2. The van der Waals surface area contributed by atoms with E-state index in [1.165, 1.54) is 6.07 Å². The molecule has 20 heavy (non-hydrogen) atoms. The standard InChI is InChI=1S/C13H13BrN2O3S/c1-8-4-5-20-10(8)6-15-12(17)7-16-13(18)9-2-3-11(14)19-9/h2-5H,6-7H2,1H3,(H,15,17)(H,16,18). The lowest BCUT2D eigenvalue weighted by atomic mass is 10.3. The minimum absolute atomic E-state index is 0.0818. The Morgan fingerprint density at radius 3 is 2.70 bits per heavy atom. The van der Waals surface area contributed by atoms with Gasteiger partial charge in [-0.3, -0.25) is 9.59 Å². The summed E-state index contributed by atoms with van der Waals surface area (Å²) in [5.41, 5.74) is 1.15. The van der Waals surface area contributed by atoms with Crippen LogP contribution in [-0.4, -0.2) is 18.4 Å². The molecule has 0 aliphatic heterocycles. The first kappa shape index (κ1) is 14.8. The molecule has 0 radical (unpaired) electrons. The summed E-state index contributed by atoms with van der Waals surface area (Å²) >= 11 is 4.70. The second-order valence-corrected chi connectivity index (χ2v) is 5.87. The van der Waals surface area contributed by atoms with Gasteiger partial charge in [0.25, 0.3) is 5.91 Å². The van der Waals surface area contributed by atoms with Crippen molar-refractivity contribution in [3.05, 3.63) is 44.4 Å². The molecule has 2 rings (SSSR count). The van der Waals surface area contributed by atoms with E-state index in [1.54, 1.807) is 17.4 Å². The third-order valence-corrected chi connectivity index (χ3v) is 4.07. The van der Waals surface area contributed by atoms with Crippen molar-refractivity contribution in [2.75, 3.05) is 6.54 Å². The lowest BCUT2D eigenvalue weighted by Gasteiger charge is -2.05. The van der Waals surface area contributed by atoms with Crippen molar-refractivity contribution in [2.24, 2.45) is 0 Å². The molecule has 0 unspecified atom stereocenters. The fourth-order valence-electron chi connectivity index (χ4n) is 1.51. The van der Waals surface area contributed by atoms with Gasteiger partial charge in [0.05, 0.1) is 13.1 Å². The van der Waals surface area contributed by atoms with Crippen LogP contribution in [0.3, 0.4) is 0 Å². The van der Waals surface area contributed by atoms with E-state index in [2.05, 4.69) is 26.6 Å². The number of furan rings is 1. The topological polar surface area (TPSA) is 71.3 Å². The molecule has 0 aliphatic rings. The van der Waals surface area contributed by atoms with Crippen molar-refractivity contribution in [2.45, 2.75) is 13.5 Å². The van der Waals surface area contributed by atoms with Gasteiger partial charge in [-0.2, -0.15) is 0 Å². The molecular formula is C13H13BrN2O3S. The Balaban J connectivity index is 1.75. The molecule has 2 amide bonds. The van der Waals surface area contributed by atoms with E-state index in [-0.39, 0.29) is 18.2 Å². The van der Waals surface area contributed by atoms with Gasteiger partial charge in [0.15, 0.2) is 10.4 Å². The van der Waals surface area contributed by atoms with Crippen LogP contribution in [0.15, 0.2) is 32.7 Å². The number of hydrogen-bond acceptors (Lipinski definition) is 4. The van der Waals surface area contributed by atoms with Gasteiger partial charge in [0.2, 0.25) is 5.91 Å². The molecular weight excluding hydrogens is 344 g/mol. The number of aryl methyl sites for hydroxylation is 1. The Morgan fingerprint density at radius 1 is 1.30 bits per heavy atom. The summed E-state index contributed by atoms with van der Waals surface area (Å²) in [6.45, 7) is 2.39. The maximum atomic E-state index is 11.6. The van der Waals surface area contributed by atoms with Crippen LogP contribution in [0, 0.1) is 6.92 Å². The van der Waals surface area contributed by atoms with Gasteiger partial charge >= 0.3 is 0 Å². The quantitative estimate of drug-likeness (QED) is 0.864. The number of carbonyl (C=O) groups is 2. The third-order valence-electron chi connectivity index (χ3n) is 2.62. The van der Waals surface area contributed by atoms with Crippen LogP contribution >= 0.6 is 27.3 Å². The molecule has 106 valence electrons. The molecule has 2 N–H and O–H groups in total. The summed E-state index contributed by atoms with van der Waals surface area (Å²) in [6, 6.07) is 5.16. The molecule has 0 saturated heterocycles. The molecule has 2 aromatic heterocycles. The molecule has 0 atom stereocenters. The predicted octanol–water partition coefficient (Wildman–Crippen LogP) is 2.46. The highest BCUT2D eigenvalue weighted by Crippen LogP contribution is 2.15. The van der Waals surface area contributed by atoms with E-state index in [4.69, 9.17) is 4.42 Å². The molecule has 0 bridgehead atoms. The number of halogens is 1. The fraction of sp³-hybridized carbons (Fsp3) is 0.231. The molecule has 0 fully saturated rings. The van der Waals surface area contributed by atoms with E-state index in [0.29, 0.717) is 11.2 Å². The van der Waals surface area contributed by atoms with Crippen molar-refractivity contribution in [1.29, 1.82) is 0 Å².